The fraction of sp³-hybridized carbons (Fsp3) is 0.800. The van der Waals surface area contributed by atoms with Crippen LogP contribution in [0.1, 0.15) is 98.3 Å². The van der Waals surface area contributed by atoms with E-state index >= 15 is 0 Å². The van der Waals surface area contributed by atoms with Crippen LogP contribution < -0.4 is 9.46 Å². The molecule has 11 atom stereocenters. The van der Waals surface area contributed by atoms with Crippen LogP contribution in [0.3, 0.4) is 0 Å². The number of hydrogen-bond donors (Lipinski definition) is 3. The Labute approximate surface area is 263 Å². The molecule has 0 heterocycles. The maximum Gasteiger partial charge on any atom is 0.421 e. The Morgan fingerprint density at radius 3 is 2.32 bits per heavy atom. The fourth-order valence-corrected chi connectivity index (χ4v) is 11.7. The third-order valence-corrected chi connectivity index (χ3v) is 14.7. The molecule has 1 aromatic rings. The first-order valence-electron chi connectivity index (χ1n) is 17.2. The highest BCUT2D eigenvalue weighted by Gasteiger charge is 2.65. The molecule has 8 nitrogen and oxygen atoms in total. The second-order valence-corrected chi connectivity index (χ2v) is 17.1. The highest BCUT2D eigenvalue weighted by Crippen LogP contribution is 2.69. The number of aliphatic hydroxyl groups is 2. The summed E-state index contributed by atoms with van der Waals surface area (Å²) in [7, 11) is -4.06. The third-order valence-electron chi connectivity index (χ3n) is 13.3. The largest absolute Gasteiger partial charge is 0.490 e. The molecular weight excluding hydrogens is 578 g/mol. The highest BCUT2D eigenvalue weighted by atomic mass is 32.2. The number of fused-ring (bicyclic) bond motifs is 5. The smallest absolute Gasteiger partial charge is 0.421 e. The number of hydrogen-bond acceptors (Lipinski definition) is 7. The summed E-state index contributed by atoms with van der Waals surface area (Å²) < 4.78 is 39.1. The van der Waals surface area contributed by atoms with Crippen molar-refractivity contribution < 1.29 is 32.9 Å². The Hall–Kier alpha value is -1.84. The molecule has 5 aliphatic rings. The number of rotatable bonds is 8. The number of carbonyl (C=O) groups excluding carboxylic acids is 1. The Morgan fingerprint density at radius 1 is 0.977 bits per heavy atom. The summed E-state index contributed by atoms with van der Waals surface area (Å²) in [5.41, 5.74) is 0.192. The molecule has 0 unspecified atom stereocenters. The van der Waals surface area contributed by atoms with Crippen molar-refractivity contribution >= 4 is 16.1 Å². The molecule has 0 aliphatic heterocycles. The molecule has 246 valence electrons. The highest BCUT2D eigenvalue weighted by molar-refractivity contribution is 7.90. The number of aliphatic hydroxyl groups excluding tert-OH is 2. The topological polar surface area (TPSA) is 122 Å². The lowest BCUT2D eigenvalue weighted by Crippen LogP contribution is -2.62. The van der Waals surface area contributed by atoms with Crippen molar-refractivity contribution in [2.45, 2.75) is 122 Å². The molecule has 5 fully saturated rings. The van der Waals surface area contributed by atoms with Gasteiger partial charge in [-0.05, 0) is 141 Å². The van der Waals surface area contributed by atoms with Gasteiger partial charge in [-0.3, -0.25) is 0 Å². The summed E-state index contributed by atoms with van der Waals surface area (Å²) in [6.45, 7) is 9.29. The number of sulfonamides is 1. The molecule has 5 saturated carbocycles. The molecule has 3 N–H and O–H groups in total. The standard InChI is InChI=1S/C35H53NO7S/c1-5-26-30-19-22(37)15-17-35(30,4)29-16-18-34(3)27(13-14-28(34)31(29)32(26)38)21(2)20-42-33(39)36-44(40,41)25-11-9-24(10-12-25)43-23-7-6-8-23/h9-12,21-23,26-32,37-38H,5-8,13-20H2,1-4H3,(H,36,39)/t21-,22-,26-,27-,28+,29+,30+,31+,32-,34-,35-/m1/s1. The molecule has 1 amide bonds. The first kappa shape index (κ1) is 32.1. The SMILES string of the molecule is CC[C@H]1[C@@H](O)[C@@H]2[C@H](CC[C@]3(C)[C@@H]([C@H](C)COC(=O)NS(=O)(=O)c4ccc(OC5CCC5)cc4)CC[C@@H]23)[C@@]2(C)CC[C@@H](O)C[C@@H]12. The summed E-state index contributed by atoms with van der Waals surface area (Å²) in [5.74, 6) is 2.74. The van der Waals surface area contributed by atoms with E-state index in [1.807, 2.05) is 0 Å². The van der Waals surface area contributed by atoms with Crippen LogP contribution in [-0.4, -0.2) is 49.6 Å². The van der Waals surface area contributed by atoms with Crippen LogP contribution in [0, 0.1) is 52.3 Å². The van der Waals surface area contributed by atoms with Gasteiger partial charge in [-0.2, -0.15) is 0 Å². The van der Waals surface area contributed by atoms with E-state index in [1.165, 1.54) is 12.1 Å². The summed E-state index contributed by atoms with van der Waals surface area (Å²) >= 11 is 0. The molecule has 0 radical (unpaired) electrons. The van der Waals surface area contributed by atoms with Gasteiger partial charge in [0.2, 0.25) is 0 Å². The first-order valence-corrected chi connectivity index (χ1v) is 18.7. The summed E-state index contributed by atoms with van der Waals surface area (Å²) in [6, 6.07) is 6.14. The predicted octanol–water partition coefficient (Wildman–Crippen LogP) is 6.30. The van der Waals surface area contributed by atoms with E-state index in [0.717, 1.165) is 70.6 Å². The molecule has 0 bridgehead atoms. The molecule has 9 heteroatoms. The van der Waals surface area contributed by atoms with E-state index in [9.17, 15) is 23.4 Å². The van der Waals surface area contributed by atoms with Gasteiger partial charge in [0.1, 0.15) is 5.75 Å². The van der Waals surface area contributed by atoms with Crippen LogP contribution in [-0.2, 0) is 14.8 Å². The normalized spacial score (nSPS) is 41.0. The zero-order valence-electron chi connectivity index (χ0n) is 26.9. The van der Waals surface area contributed by atoms with Crippen molar-refractivity contribution in [1.29, 1.82) is 0 Å². The molecule has 0 aromatic heterocycles. The Morgan fingerprint density at radius 2 is 1.66 bits per heavy atom. The Bertz CT molecular complexity index is 1300. The minimum Gasteiger partial charge on any atom is -0.490 e. The molecule has 5 aliphatic carbocycles. The van der Waals surface area contributed by atoms with Gasteiger partial charge in [0.25, 0.3) is 10.0 Å². The van der Waals surface area contributed by atoms with Crippen molar-refractivity contribution in [1.82, 2.24) is 4.72 Å². The number of nitrogens with one attached hydrogen (secondary N) is 1. The first-order chi connectivity index (χ1) is 20.9. The third kappa shape index (κ3) is 5.57. The maximum atomic E-state index is 12.9. The number of carbonyl (C=O) groups is 1. The summed E-state index contributed by atoms with van der Waals surface area (Å²) in [6.07, 6.45) is 9.72. The van der Waals surface area contributed by atoms with Gasteiger partial charge >= 0.3 is 6.09 Å². The van der Waals surface area contributed by atoms with E-state index in [1.54, 1.807) is 12.1 Å². The molecular formula is C35H53NO7S. The second-order valence-electron chi connectivity index (χ2n) is 15.4. The molecule has 0 saturated heterocycles. The minimum atomic E-state index is -4.06. The van der Waals surface area contributed by atoms with Crippen LogP contribution in [0.4, 0.5) is 4.79 Å². The Balaban J connectivity index is 1.08. The van der Waals surface area contributed by atoms with Crippen LogP contribution in [0.2, 0.25) is 0 Å². The summed E-state index contributed by atoms with van der Waals surface area (Å²) in [5, 5.41) is 22.5. The van der Waals surface area contributed by atoms with Gasteiger partial charge in [0, 0.05) is 0 Å². The molecule has 0 spiro atoms. The van der Waals surface area contributed by atoms with E-state index < -0.39 is 16.1 Å². The zero-order valence-corrected chi connectivity index (χ0v) is 27.7. The quantitative estimate of drug-likeness (QED) is 0.308. The maximum absolute atomic E-state index is 12.9. The average molecular weight is 632 g/mol. The van der Waals surface area contributed by atoms with Gasteiger partial charge in [-0.25, -0.2) is 17.9 Å². The molecule has 44 heavy (non-hydrogen) atoms. The van der Waals surface area contributed by atoms with E-state index in [2.05, 4.69) is 32.4 Å². The van der Waals surface area contributed by atoms with Crippen molar-refractivity contribution in [3.63, 3.8) is 0 Å². The van der Waals surface area contributed by atoms with Crippen LogP contribution >= 0.6 is 0 Å². The average Bonchev–Trinajstić information content (AvgIpc) is 3.32. The van der Waals surface area contributed by atoms with Crippen molar-refractivity contribution in [2.24, 2.45) is 52.3 Å². The molecule has 6 rings (SSSR count). The Kier molecular flexibility index (Phi) is 8.81. The summed E-state index contributed by atoms with van der Waals surface area (Å²) in [4.78, 5) is 12.7. The van der Waals surface area contributed by atoms with Gasteiger partial charge in [0.05, 0.1) is 29.8 Å². The number of amides is 1. The van der Waals surface area contributed by atoms with Crippen LogP contribution in [0.15, 0.2) is 29.2 Å². The lowest BCUT2D eigenvalue weighted by molar-refractivity contribution is -0.203. The number of ether oxygens (including phenoxy) is 2. The zero-order chi connectivity index (χ0) is 31.4. The van der Waals surface area contributed by atoms with Gasteiger partial charge in [-0.1, -0.05) is 34.1 Å². The van der Waals surface area contributed by atoms with Crippen LogP contribution in [0.25, 0.3) is 0 Å². The second kappa shape index (κ2) is 12.1. The lowest BCUT2D eigenvalue weighted by Gasteiger charge is -2.64. The van der Waals surface area contributed by atoms with Crippen molar-refractivity contribution in [3.05, 3.63) is 24.3 Å². The van der Waals surface area contributed by atoms with Gasteiger partial charge in [0.15, 0.2) is 0 Å². The minimum absolute atomic E-state index is 0.00815. The molecule has 1 aromatic carbocycles. The van der Waals surface area contributed by atoms with Gasteiger partial charge in [-0.15, -0.1) is 0 Å². The van der Waals surface area contributed by atoms with Crippen molar-refractivity contribution in [2.75, 3.05) is 6.61 Å². The monoisotopic (exact) mass is 631 g/mol. The predicted molar refractivity (Wildman–Crippen MR) is 167 cm³/mol. The van der Waals surface area contributed by atoms with Crippen LogP contribution in [0.5, 0.6) is 5.75 Å². The number of benzene rings is 1. The fourth-order valence-electron chi connectivity index (χ4n) is 10.8. The van der Waals surface area contributed by atoms with Crippen molar-refractivity contribution in [3.8, 4) is 5.75 Å². The lowest BCUT2D eigenvalue weighted by atomic mass is 9.41. The van der Waals surface area contributed by atoms with E-state index in [0.29, 0.717) is 29.4 Å². The van der Waals surface area contributed by atoms with E-state index in [4.69, 9.17) is 9.47 Å². The van der Waals surface area contributed by atoms with Gasteiger partial charge < -0.3 is 19.7 Å². The van der Waals surface area contributed by atoms with E-state index in [-0.39, 0.29) is 58.4 Å².